The number of hydrogen-bond donors (Lipinski definition) is 0. The Morgan fingerprint density at radius 3 is 2.00 bits per heavy atom. The number of rotatable bonds is 10. The van der Waals surface area contributed by atoms with Gasteiger partial charge in [-0.1, -0.05) is 51.5 Å². The van der Waals surface area contributed by atoms with E-state index in [2.05, 4.69) is 6.92 Å². The van der Waals surface area contributed by atoms with Crippen molar-refractivity contribution in [3.63, 3.8) is 0 Å². The van der Waals surface area contributed by atoms with Gasteiger partial charge in [-0.2, -0.15) is 8.78 Å². The first-order chi connectivity index (χ1) is 18.6. The average Bonchev–Trinajstić information content (AvgIpc) is 2.91. The van der Waals surface area contributed by atoms with Crippen LogP contribution in [0.15, 0.2) is 42.5 Å². The van der Waals surface area contributed by atoms with Gasteiger partial charge < -0.3 is 4.74 Å². The van der Waals surface area contributed by atoms with Gasteiger partial charge in [0.25, 0.3) is 0 Å². The zero-order chi connectivity index (χ0) is 28.0. The molecule has 0 amide bonds. The van der Waals surface area contributed by atoms with Gasteiger partial charge in [-0.3, -0.25) is 0 Å². The molecule has 0 unspecified atom stereocenters. The van der Waals surface area contributed by atoms with Gasteiger partial charge in [0.1, 0.15) is 11.6 Å². The van der Waals surface area contributed by atoms with Crippen molar-refractivity contribution in [1.29, 1.82) is 0 Å². The molecule has 0 atom stereocenters. The molecule has 2 aliphatic rings. The number of halogens is 6. The van der Waals surface area contributed by atoms with Crippen LogP contribution in [0.2, 0.25) is 0 Å². The number of benzene rings is 2. The van der Waals surface area contributed by atoms with Crippen LogP contribution in [0.4, 0.5) is 26.3 Å². The van der Waals surface area contributed by atoms with E-state index in [4.69, 9.17) is 4.74 Å². The predicted octanol–water partition coefficient (Wildman–Crippen LogP) is 10.6. The van der Waals surface area contributed by atoms with Gasteiger partial charge in [0.15, 0.2) is 17.5 Å². The highest BCUT2D eigenvalue weighted by Crippen LogP contribution is 2.43. The second-order valence-corrected chi connectivity index (χ2v) is 11.4. The van der Waals surface area contributed by atoms with E-state index in [9.17, 15) is 26.3 Å². The second-order valence-electron chi connectivity index (χ2n) is 11.4. The van der Waals surface area contributed by atoms with E-state index in [1.165, 1.54) is 57.4 Å². The summed E-state index contributed by atoms with van der Waals surface area (Å²) < 4.78 is 88.5. The summed E-state index contributed by atoms with van der Waals surface area (Å²) in [6.07, 6.45) is 13.0. The van der Waals surface area contributed by atoms with Crippen LogP contribution >= 0.6 is 0 Å². The molecule has 0 bridgehead atoms. The molecule has 1 nitrogen and oxygen atoms in total. The molecular formula is C32H38F6O. The Bertz CT molecular complexity index is 1090. The first-order valence-corrected chi connectivity index (χ1v) is 14.4. The fourth-order valence-corrected chi connectivity index (χ4v) is 6.38. The number of allylic oxidation sites excluding steroid dienone is 1. The summed E-state index contributed by atoms with van der Waals surface area (Å²) in [7, 11) is 0. The van der Waals surface area contributed by atoms with Gasteiger partial charge in [-0.05, 0) is 92.0 Å². The Morgan fingerprint density at radius 1 is 0.795 bits per heavy atom. The lowest BCUT2D eigenvalue weighted by atomic mass is 9.68. The van der Waals surface area contributed by atoms with Gasteiger partial charge in [0.05, 0.1) is 0 Å². The standard InChI is InChI=1S/C32H38F6O/c1-2-3-4-5-21-6-10-23(11-7-21)24-12-8-22(9-13-24)16-17-32(37,38)39-26-14-15-27(28(33)20-26)25-18-29(34)31(36)30(35)19-25/h14-24H,2-13H2,1H3/b17-16+. The van der Waals surface area contributed by atoms with E-state index in [1.54, 1.807) is 0 Å². The van der Waals surface area contributed by atoms with Crippen molar-refractivity contribution in [1.82, 2.24) is 0 Å². The van der Waals surface area contributed by atoms with Crippen LogP contribution in [0.5, 0.6) is 5.75 Å². The van der Waals surface area contributed by atoms with Gasteiger partial charge >= 0.3 is 6.11 Å². The summed E-state index contributed by atoms with van der Waals surface area (Å²) in [5.41, 5.74) is -0.515. The van der Waals surface area contributed by atoms with E-state index >= 15 is 0 Å². The maximum absolute atomic E-state index is 14.6. The predicted molar refractivity (Wildman–Crippen MR) is 141 cm³/mol. The van der Waals surface area contributed by atoms with E-state index in [0.717, 1.165) is 61.8 Å². The Labute approximate surface area is 227 Å². The monoisotopic (exact) mass is 552 g/mol. The Morgan fingerprint density at radius 2 is 1.41 bits per heavy atom. The lowest BCUT2D eigenvalue weighted by Gasteiger charge is -2.37. The van der Waals surface area contributed by atoms with E-state index < -0.39 is 35.1 Å². The smallest absolute Gasteiger partial charge is 0.419 e. The highest BCUT2D eigenvalue weighted by Gasteiger charge is 2.32. The molecule has 0 saturated heterocycles. The van der Waals surface area contributed by atoms with E-state index in [-0.39, 0.29) is 17.0 Å². The zero-order valence-electron chi connectivity index (χ0n) is 22.5. The maximum atomic E-state index is 14.6. The summed E-state index contributed by atoms with van der Waals surface area (Å²) in [4.78, 5) is 0. The molecule has 0 spiro atoms. The van der Waals surface area contributed by atoms with Crippen molar-refractivity contribution >= 4 is 0 Å². The largest absolute Gasteiger partial charge is 0.429 e. The first-order valence-electron chi connectivity index (χ1n) is 14.4. The van der Waals surface area contributed by atoms with Gasteiger partial charge in [0.2, 0.25) is 0 Å². The molecule has 39 heavy (non-hydrogen) atoms. The third-order valence-electron chi connectivity index (χ3n) is 8.64. The molecule has 2 saturated carbocycles. The second kappa shape index (κ2) is 13.3. The minimum atomic E-state index is -3.64. The molecular weight excluding hydrogens is 514 g/mol. The molecule has 4 rings (SSSR count). The van der Waals surface area contributed by atoms with E-state index in [0.29, 0.717) is 18.1 Å². The van der Waals surface area contributed by atoms with Crippen LogP contribution in [0.25, 0.3) is 11.1 Å². The Hall–Kier alpha value is -2.44. The van der Waals surface area contributed by atoms with Crippen LogP contribution in [0.1, 0.15) is 84.0 Å². The first kappa shape index (κ1) is 29.5. The summed E-state index contributed by atoms with van der Waals surface area (Å²) in [5.74, 6) is -3.67. The lowest BCUT2D eigenvalue weighted by molar-refractivity contribution is -0.132. The SMILES string of the molecule is CCCCCC1CCC(C2CCC(/C=C/C(F)(F)Oc3ccc(-c4cc(F)c(F)c(F)c4)c(F)c3)CC2)CC1. The average molecular weight is 553 g/mol. The molecule has 2 fully saturated rings. The van der Waals surface area contributed by atoms with Crippen molar-refractivity contribution < 1.29 is 31.1 Å². The molecule has 0 aromatic heterocycles. The molecule has 214 valence electrons. The van der Waals surface area contributed by atoms with Crippen LogP contribution in [0, 0.1) is 46.9 Å². The van der Waals surface area contributed by atoms with Crippen LogP contribution < -0.4 is 4.74 Å². The van der Waals surface area contributed by atoms with Crippen molar-refractivity contribution in [2.75, 3.05) is 0 Å². The highest BCUT2D eigenvalue weighted by molar-refractivity contribution is 5.65. The molecule has 2 aromatic rings. The molecule has 0 N–H and O–H groups in total. The number of alkyl halides is 2. The van der Waals surface area contributed by atoms with Gasteiger partial charge in [-0.25, -0.2) is 17.6 Å². The Kier molecular flexibility index (Phi) is 10.1. The fraction of sp³-hybridized carbons (Fsp3) is 0.562. The lowest BCUT2D eigenvalue weighted by Crippen LogP contribution is -2.26. The zero-order valence-corrected chi connectivity index (χ0v) is 22.5. The summed E-state index contributed by atoms with van der Waals surface area (Å²) in [6.45, 7) is 2.24. The number of unbranched alkanes of at least 4 members (excludes halogenated alkanes) is 2. The van der Waals surface area contributed by atoms with Crippen LogP contribution in [0.3, 0.4) is 0 Å². The van der Waals surface area contributed by atoms with Gasteiger partial charge in [-0.15, -0.1) is 0 Å². The van der Waals surface area contributed by atoms with E-state index in [1.807, 2.05) is 0 Å². The third-order valence-corrected chi connectivity index (χ3v) is 8.64. The molecule has 0 heterocycles. The fourth-order valence-electron chi connectivity index (χ4n) is 6.38. The molecule has 0 aliphatic heterocycles. The van der Waals surface area contributed by atoms with Crippen molar-refractivity contribution in [2.45, 2.75) is 90.1 Å². The molecule has 2 aliphatic carbocycles. The molecule has 7 heteroatoms. The van der Waals surface area contributed by atoms with Crippen molar-refractivity contribution in [3.05, 3.63) is 65.8 Å². The Balaban J connectivity index is 1.26. The minimum Gasteiger partial charge on any atom is -0.429 e. The minimum absolute atomic E-state index is 0.0588. The quantitative estimate of drug-likeness (QED) is 0.123. The summed E-state index contributed by atoms with van der Waals surface area (Å²) >= 11 is 0. The highest BCUT2D eigenvalue weighted by atomic mass is 19.3. The molecule has 2 aromatic carbocycles. The summed E-state index contributed by atoms with van der Waals surface area (Å²) in [5, 5.41) is 0. The molecule has 0 radical (unpaired) electrons. The van der Waals surface area contributed by atoms with Crippen molar-refractivity contribution in [2.24, 2.45) is 23.7 Å². The van der Waals surface area contributed by atoms with Gasteiger partial charge in [0, 0.05) is 17.7 Å². The number of hydrogen-bond acceptors (Lipinski definition) is 1. The number of ether oxygens (including phenoxy) is 1. The maximum Gasteiger partial charge on any atom is 0.419 e. The summed E-state index contributed by atoms with van der Waals surface area (Å²) in [6, 6.07) is 4.16. The van der Waals surface area contributed by atoms with Crippen LogP contribution in [-0.2, 0) is 0 Å². The normalized spacial score (nSPS) is 24.3. The van der Waals surface area contributed by atoms with Crippen molar-refractivity contribution in [3.8, 4) is 16.9 Å². The third kappa shape index (κ3) is 8.04. The topological polar surface area (TPSA) is 9.23 Å². The van der Waals surface area contributed by atoms with Crippen LogP contribution in [-0.4, -0.2) is 6.11 Å².